The van der Waals surface area contributed by atoms with E-state index in [0.717, 1.165) is 76.1 Å². The maximum atomic E-state index is 11.8. The molecule has 1 amide bonds. The molecule has 0 spiro atoms. The number of Topliss-reactive ketones (excluding diaryl/α,β-unsaturated/α-hetero) is 2. The van der Waals surface area contributed by atoms with Gasteiger partial charge in [0.25, 0.3) is 0 Å². The molecule has 0 fully saturated rings. The van der Waals surface area contributed by atoms with Crippen LogP contribution < -0.4 is 16.0 Å². The van der Waals surface area contributed by atoms with E-state index in [4.69, 9.17) is 0 Å². The molecule has 0 heterocycles. The SMILES string of the molecule is CNCCCCCCC(=O)CNCCCCCCNC(=O)CCCSSCCC(C)=O. The van der Waals surface area contributed by atoms with E-state index in [-0.39, 0.29) is 11.7 Å². The van der Waals surface area contributed by atoms with Crippen LogP contribution in [0, 0.1) is 0 Å². The highest BCUT2D eigenvalue weighted by molar-refractivity contribution is 8.76. The van der Waals surface area contributed by atoms with E-state index in [2.05, 4.69) is 16.0 Å². The number of ketones is 2. The zero-order valence-electron chi connectivity index (χ0n) is 19.8. The molecule has 8 heteroatoms. The monoisotopic (exact) mass is 475 g/mol. The van der Waals surface area contributed by atoms with E-state index in [9.17, 15) is 14.4 Å². The first kappa shape index (κ1) is 30.4. The molecule has 0 aliphatic carbocycles. The Hall–Kier alpha value is -0.570. The van der Waals surface area contributed by atoms with Crippen LogP contribution in [0.2, 0.25) is 0 Å². The maximum Gasteiger partial charge on any atom is 0.220 e. The van der Waals surface area contributed by atoms with E-state index in [1.54, 1.807) is 28.5 Å². The topological polar surface area (TPSA) is 87.3 Å². The van der Waals surface area contributed by atoms with Crippen molar-refractivity contribution in [3.8, 4) is 0 Å². The van der Waals surface area contributed by atoms with E-state index in [1.165, 1.54) is 12.8 Å². The van der Waals surface area contributed by atoms with Gasteiger partial charge in [-0.15, -0.1) is 0 Å². The Bertz CT molecular complexity index is 465. The molecule has 0 aromatic heterocycles. The van der Waals surface area contributed by atoms with Gasteiger partial charge in [-0.1, -0.05) is 47.3 Å². The zero-order valence-corrected chi connectivity index (χ0v) is 21.4. The van der Waals surface area contributed by atoms with Crippen LogP contribution >= 0.6 is 21.6 Å². The molecule has 0 atom stereocenters. The number of rotatable bonds is 24. The highest BCUT2D eigenvalue weighted by atomic mass is 33.1. The van der Waals surface area contributed by atoms with Crippen molar-refractivity contribution in [3.05, 3.63) is 0 Å². The third-order valence-corrected chi connectivity index (χ3v) is 7.30. The second-order valence-electron chi connectivity index (χ2n) is 7.95. The molecule has 0 aliphatic heterocycles. The number of nitrogens with one attached hydrogen (secondary N) is 3. The summed E-state index contributed by atoms with van der Waals surface area (Å²) in [7, 11) is 5.42. The van der Waals surface area contributed by atoms with E-state index in [0.29, 0.717) is 31.6 Å². The van der Waals surface area contributed by atoms with Gasteiger partial charge in [-0.05, 0) is 59.2 Å². The number of unbranched alkanes of at least 4 members (excludes halogenated alkanes) is 6. The summed E-state index contributed by atoms with van der Waals surface area (Å²) in [6, 6.07) is 0. The molecule has 3 N–H and O–H groups in total. The molecule has 6 nitrogen and oxygen atoms in total. The maximum absolute atomic E-state index is 11.8. The van der Waals surface area contributed by atoms with Crippen LogP contribution in [0.4, 0.5) is 0 Å². The van der Waals surface area contributed by atoms with Gasteiger partial charge in [0, 0.05) is 37.3 Å². The van der Waals surface area contributed by atoms with Gasteiger partial charge in [0.1, 0.15) is 11.6 Å². The summed E-state index contributed by atoms with van der Waals surface area (Å²) in [4.78, 5) is 34.4. The fraction of sp³-hybridized carbons (Fsp3) is 0.870. The van der Waals surface area contributed by atoms with Crippen LogP contribution in [-0.4, -0.2) is 62.2 Å². The molecule has 0 unspecified atom stereocenters. The van der Waals surface area contributed by atoms with Crippen molar-refractivity contribution in [1.29, 1.82) is 0 Å². The van der Waals surface area contributed by atoms with Gasteiger partial charge in [-0.3, -0.25) is 14.4 Å². The second-order valence-corrected chi connectivity index (χ2v) is 10.6. The molecule has 0 aliphatic rings. The molecule has 182 valence electrons. The number of hydrogen-bond acceptors (Lipinski definition) is 7. The number of carbonyl (C=O) groups is 3. The van der Waals surface area contributed by atoms with Crippen molar-refractivity contribution in [2.45, 2.75) is 84.0 Å². The van der Waals surface area contributed by atoms with Crippen LogP contribution in [0.5, 0.6) is 0 Å². The minimum Gasteiger partial charge on any atom is -0.356 e. The lowest BCUT2D eigenvalue weighted by Gasteiger charge is -2.06. The van der Waals surface area contributed by atoms with Crippen LogP contribution in [0.3, 0.4) is 0 Å². The van der Waals surface area contributed by atoms with E-state index < -0.39 is 0 Å². The first-order valence-electron chi connectivity index (χ1n) is 11.9. The average Bonchev–Trinajstić information content (AvgIpc) is 2.74. The van der Waals surface area contributed by atoms with Crippen molar-refractivity contribution in [2.75, 3.05) is 44.7 Å². The largest absolute Gasteiger partial charge is 0.356 e. The van der Waals surface area contributed by atoms with Gasteiger partial charge in [0.2, 0.25) is 5.91 Å². The van der Waals surface area contributed by atoms with Gasteiger partial charge in [-0.25, -0.2) is 0 Å². The fourth-order valence-corrected chi connectivity index (χ4v) is 5.11. The van der Waals surface area contributed by atoms with Crippen LogP contribution in [0.1, 0.15) is 84.0 Å². The smallest absolute Gasteiger partial charge is 0.220 e. The summed E-state index contributed by atoms with van der Waals surface area (Å²) in [5.74, 6) is 2.49. The lowest BCUT2D eigenvalue weighted by atomic mass is 10.1. The van der Waals surface area contributed by atoms with Gasteiger partial charge >= 0.3 is 0 Å². The molecule has 0 aromatic rings. The van der Waals surface area contributed by atoms with E-state index >= 15 is 0 Å². The summed E-state index contributed by atoms with van der Waals surface area (Å²) in [6.45, 7) is 4.82. The van der Waals surface area contributed by atoms with Crippen LogP contribution in [0.15, 0.2) is 0 Å². The van der Waals surface area contributed by atoms with E-state index in [1.807, 2.05) is 7.05 Å². The van der Waals surface area contributed by atoms with Crippen LogP contribution in [0.25, 0.3) is 0 Å². The third-order valence-electron chi connectivity index (χ3n) is 4.81. The number of hydrogen-bond donors (Lipinski definition) is 3. The lowest BCUT2D eigenvalue weighted by molar-refractivity contribution is -0.121. The predicted molar refractivity (Wildman–Crippen MR) is 136 cm³/mol. The molecule has 0 saturated carbocycles. The number of carbonyl (C=O) groups excluding carboxylic acids is 3. The normalized spacial score (nSPS) is 10.9. The molecule has 0 saturated heterocycles. The quantitative estimate of drug-likeness (QED) is 0.143. The Balaban J connectivity index is 3.27. The molecule has 0 bridgehead atoms. The van der Waals surface area contributed by atoms with Crippen LogP contribution in [-0.2, 0) is 14.4 Å². The summed E-state index contributed by atoms with van der Waals surface area (Å²) >= 11 is 0. The highest BCUT2D eigenvalue weighted by Crippen LogP contribution is 2.23. The Labute approximate surface area is 198 Å². The summed E-state index contributed by atoms with van der Waals surface area (Å²) in [5.41, 5.74) is 0. The molecule has 0 aromatic carbocycles. The van der Waals surface area contributed by atoms with Crippen molar-refractivity contribution in [2.24, 2.45) is 0 Å². The molecule has 31 heavy (non-hydrogen) atoms. The molecular formula is C23H45N3O3S2. The second kappa shape index (κ2) is 24.1. The zero-order chi connectivity index (χ0) is 23.0. The standard InChI is InChI=1S/C23H45N3O3S2/c1-21(27)14-19-31-30-18-11-13-23(29)26-17-10-6-5-9-16-25-20-22(28)12-7-3-4-8-15-24-2/h24-25H,3-20H2,1-2H3,(H,26,29). The van der Waals surface area contributed by atoms with Crippen molar-refractivity contribution in [3.63, 3.8) is 0 Å². The van der Waals surface area contributed by atoms with Gasteiger partial charge in [-0.2, -0.15) is 0 Å². The average molecular weight is 476 g/mol. The van der Waals surface area contributed by atoms with Crippen molar-refractivity contribution >= 4 is 39.1 Å². The lowest BCUT2D eigenvalue weighted by Crippen LogP contribution is -2.24. The molecular weight excluding hydrogens is 430 g/mol. The highest BCUT2D eigenvalue weighted by Gasteiger charge is 2.03. The Morgan fingerprint density at radius 1 is 0.677 bits per heavy atom. The summed E-state index contributed by atoms with van der Waals surface area (Å²) < 4.78 is 0. The van der Waals surface area contributed by atoms with Crippen molar-refractivity contribution in [1.82, 2.24) is 16.0 Å². The van der Waals surface area contributed by atoms with Crippen molar-refractivity contribution < 1.29 is 14.4 Å². The van der Waals surface area contributed by atoms with Gasteiger partial charge in [0.05, 0.1) is 6.54 Å². The molecule has 0 radical (unpaired) electrons. The Morgan fingerprint density at radius 3 is 2.03 bits per heavy atom. The van der Waals surface area contributed by atoms with Gasteiger partial charge < -0.3 is 16.0 Å². The summed E-state index contributed by atoms with van der Waals surface area (Å²) in [6.07, 6.45) is 11.6. The first-order chi connectivity index (χ1) is 15.1. The molecule has 0 rings (SSSR count). The fourth-order valence-electron chi connectivity index (χ4n) is 2.93. The summed E-state index contributed by atoms with van der Waals surface area (Å²) in [5, 5.41) is 9.38. The first-order valence-corrected chi connectivity index (χ1v) is 14.4. The predicted octanol–water partition coefficient (Wildman–Crippen LogP) is 4.13. The number of amides is 1. The minimum absolute atomic E-state index is 0.136. The third kappa shape index (κ3) is 25.6. The Morgan fingerprint density at radius 2 is 1.32 bits per heavy atom. The minimum atomic E-state index is 0.136. The van der Waals surface area contributed by atoms with Gasteiger partial charge in [0.15, 0.2) is 0 Å². The Kier molecular flexibility index (Phi) is 23.6.